The van der Waals surface area contributed by atoms with Gasteiger partial charge in [0.25, 0.3) is 0 Å². The molecule has 0 atom stereocenters. The molecule has 2 amide bonds. The molecule has 1 fully saturated rings. The van der Waals surface area contributed by atoms with Crippen LogP contribution in [-0.2, 0) is 16.1 Å². The predicted molar refractivity (Wildman–Crippen MR) is 82.2 cm³/mol. The van der Waals surface area contributed by atoms with Crippen molar-refractivity contribution < 1.29 is 9.59 Å². The molecule has 2 N–H and O–H groups in total. The van der Waals surface area contributed by atoms with E-state index in [0.29, 0.717) is 0 Å². The Balaban J connectivity index is 1.56. The molecule has 3 rings (SSSR count). The number of imidazole rings is 1. The highest BCUT2D eigenvalue weighted by Crippen LogP contribution is 2.17. The van der Waals surface area contributed by atoms with Gasteiger partial charge in [-0.2, -0.15) is 0 Å². The molecular formula is C16H20N4O2. The molecule has 0 aliphatic heterocycles. The molecular weight excluding hydrogens is 280 g/mol. The van der Waals surface area contributed by atoms with E-state index >= 15 is 0 Å². The maximum Gasteiger partial charge on any atom is 0.309 e. The number of nitrogens with zero attached hydrogens (tertiary/aromatic N) is 2. The second kappa shape index (κ2) is 6.17. The van der Waals surface area contributed by atoms with E-state index in [1.165, 1.54) is 0 Å². The number of aryl methyl sites for hydroxylation is 1. The summed E-state index contributed by atoms with van der Waals surface area (Å²) >= 11 is 0. The molecule has 116 valence electrons. The van der Waals surface area contributed by atoms with E-state index in [2.05, 4.69) is 15.6 Å². The Morgan fingerprint density at radius 3 is 2.77 bits per heavy atom. The zero-order valence-electron chi connectivity index (χ0n) is 12.6. The highest BCUT2D eigenvalue weighted by molar-refractivity contribution is 6.35. The zero-order valence-corrected chi connectivity index (χ0v) is 12.6. The molecule has 0 aromatic carbocycles. The number of hydrogen-bond acceptors (Lipinski definition) is 3. The van der Waals surface area contributed by atoms with Gasteiger partial charge in [-0.15, -0.1) is 0 Å². The third-order valence-corrected chi connectivity index (χ3v) is 3.98. The molecule has 0 spiro atoms. The third-order valence-electron chi connectivity index (χ3n) is 3.98. The first kappa shape index (κ1) is 14.6. The van der Waals surface area contributed by atoms with Crippen molar-refractivity contribution in [3.63, 3.8) is 0 Å². The molecule has 0 radical (unpaired) electrons. The summed E-state index contributed by atoms with van der Waals surface area (Å²) in [5.74, 6) is -1.15. The molecule has 0 saturated heterocycles. The van der Waals surface area contributed by atoms with E-state index in [0.717, 1.165) is 42.6 Å². The number of carbonyl (C=O) groups excluding carboxylic acids is 2. The summed E-state index contributed by atoms with van der Waals surface area (Å²) in [6.07, 6.45) is 7.99. The lowest BCUT2D eigenvalue weighted by Crippen LogP contribution is -2.43. The normalized spacial score (nSPS) is 15.1. The standard InChI is InChI=1S/C16H20N4O2/c1-11-6-7-14-18-13(10-20(14)9-11)8-17-15(21)16(22)19-12-4-2-3-5-12/h6-7,9-10,12H,2-5,8H2,1H3,(H,17,21)(H,19,22). The molecule has 2 heterocycles. The molecule has 2 aromatic heterocycles. The molecule has 0 unspecified atom stereocenters. The highest BCUT2D eigenvalue weighted by Gasteiger charge is 2.21. The van der Waals surface area contributed by atoms with Crippen molar-refractivity contribution in [3.05, 3.63) is 35.8 Å². The first-order valence-corrected chi connectivity index (χ1v) is 7.65. The molecule has 1 aliphatic carbocycles. The second-order valence-electron chi connectivity index (χ2n) is 5.84. The molecule has 0 bridgehead atoms. The zero-order chi connectivity index (χ0) is 15.5. The molecule has 6 heteroatoms. The fourth-order valence-corrected chi connectivity index (χ4v) is 2.81. The summed E-state index contributed by atoms with van der Waals surface area (Å²) in [4.78, 5) is 28.0. The Morgan fingerprint density at radius 2 is 2.00 bits per heavy atom. The van der Waals surface area contributed by atoms with Gasteiger partial charge in [-0.1, -0.05) is 18.9 Å². The van der Waals surface area contributed by atoms with Gasteiger partial charge in [-0.05, 0) is 31.4 Å². The average Bonchev–Trinajstić information content (AvgIpc) is 3.13. The maximum atomic E-state index is 11.8. The topological polar surface area (TPSA) is 75.5 Å². The fraction of sp³-hybridized carbons (Fsp3) is 0.438. The van der Waals surface area contributed by atoms with Crippen LogP contribution in [0.3, 0.4) is 0 Å². The van der Waals surface area contributed by atoms with Gasteiger partial charge in [-0.3, -0.25) is 9.59 Å². The van der Waals surface area contributed by atoms with Crippen LogP contribution in [0.15, 0.2) is 24.5 Å². The Bertz CT molecular complexity index is 701. The largest absolute Gasteiger partial charge is 0.345 e. The van der Waals surface area contributed by atoms with Gasteiger partial charge in [0.2, 0.25) is 0 Å². The smallest absolute Gasteiger partial charge is 0.309 e. The minimum absolute atomic E-state index is 0.149. The molecule has 1 aliphatic rings. The highest BCUT2D eigenvalue weighted by atomic mass is 16.2. The Hall–Kier alpha value is -2.37. The number of carbonyl (C=O) groups is 2. The number of rotatable bonds is 3. The van der Waals surface area contributed by atoms with Crippen LogP contribution in [-0.4, -0.2) is 27.2 Å². The van der Waals surface area contributed by atoms with Crippen molar-refractivity contribution in [2.45, 2.75) is 45.2 Å². The van der Waals surface area contributed by atoms with Gasteiger partial charge in [0.1, 0.15) is 5.65 Å². The number of fused-ring (bicyclic) bond motifs is 1. The van der Waals surface area contributed by atoms with Gasteiger partial charge >= 0.3 is 11.8 Å². The maximum absolute atomic E-state index is 11.8. The average molecular weight is 300 g/mol. The summed E-state index contributed by atoms with van der Waals surface area (Å²) in [7, 11) is 0. The van der Waals surface area contributed by atoms with Crippen molar-refractivity contribution >= 4 is 17.5 Å². The van der Waals surface area contributed by atoms with Crippen molar-refractivity contribution in [2.24, 2.45) is 0 Å². The van der Waals surface area contributed by atoms with E-state index in [9.17, 15) is 9.59 Å². The van der Waals surface area contributed by atoms with Crippen LogP contribution in [0.4, 0.5) is 0 Å². The summed E-state index contributed by atoms with van der Waals surface area (Å²) in [6, 6.07) is 4.06. The van der Waals surface area contributed by atoms with Gasteiger partial charge in [0.05, 0.1) is 12.2 Å². The van der Waals surface area contributed by atoms with Crippen molar-refractivity contribution in [1.29, 1.82) is 0 Å². The van der Waals surface area contributed by atoms with Gasteiger partial charge in [0, 0.05) is 18.4 Å². The van der Waals surface area contributed by atoms with Crippen LogP contribution in [0, 0.1) is 6.92 Å². The van der Waals surface area contributed by atoms with Crippen LogP contribution >= 0.6 is 0 Å². The minimum atomic E-state index is -0.597. The van der Waals surface area contributed by atoms with Crippen LogP contribution in [0.1, 0.15) is 36.9 Å². The van der Waals surface area contributed by atoms with Crippen LogP contribution in [0.2, 0.25) is 0 Å². The van der Waals surface area contributed by atoms with E-state index in [1.807, 2.05) is 35.9 Å². The lowest BCUT2D eigenvalue weighted by Gasteiger charge is -2.11. The summed E-state index contributed by atoms with van der Waals surface area (Å²) < 4.78 is 1.91. The monoisotopic (exact) mass is 300 g/mol. The fourth-order valence-electron chi connectivity index (χ4n) is 2.81. The van der Waals surface area contributed by atoms with E-state index in [4.69, 9.17) is 0 Å². The molecule has 1 saturated carbocycles. The van der Waals surface area contributed by atoms with Crippen molar-refractivity contribution in [3.8, 4) is 0 Å². The number of pyridine rings is 1. The first-order chi connectivity index (χ1) is 10.6. The van der Waals surface area contributed by atoms with Crippen LogP contribution < -0.4 is 10.6 Å². The van der Waals surface area contributed by atoms with E-state index in [-0.39, 0.29) is 12.6 Å². The van der Waals surface area contributed by atoms with Crippen LogP contribution in [0.25, 0.3) is 5.65 Å². The van der Waals surface area contributed by atoms with Crippen LogP contribution in [0.5, 0.6) is 0 Å². The Kier molecular flexibility index (Phi) is 4.09. The number of aromatic nitrogens is 2. The van der Waals surface area contributed by atoms with E-state index < -0.39 is 11.8 Å². The Morgan fingerprint density at radius 1 is 1.23 bits per heavy atom. The van der Waals surface area contributed by atoms with Gasteiger partial charge in [-0.25, -0.2) is 4.98 Å². The molecule has 6 nitrogen and oxygen atoms in total. The van der Waals surface area contributed by atoms with Crippen molar-refractivity contribution in [1.82, 2.24) is 20.0 Å². The lowest BCUT2D eigenvalue weighted by atomic mass is 10.2. The molecule has 22 heavy (non-hydrogen) atoms. The van der Waals surface area contributed by atoms with E-state index in [1.54, 1.807) is 0 Å². The van der Waals surface area contributed by atoms with Crippen molar-refractivity contribution in [2.75, 3.05) is 0 Å². The summed E-state index contributed by atoms with van der Waals surface area (Å²) in [5.41, 5.74) is 2.69. The number of amides is 2. The summed E-state index contributed by atoms with van der Waals surface area (Å²) in [6.45, 7) is 2.26. The third kappa shape index (κ3) is 3.27. The number of nitrogens with one attached hydrogen (secondary N) is 2. The predicted octanol–water partition coefficient (Wildman–Crippen LogP) is 1.32. The lowest BCUT2D eigenvalue weighted by molar-refractivity contribution is -0.139. The minimum Gasteiger partial charge on any atom is -0.345 e. The summed E-state index contributed by atoms with van der Waals surface area (Å²) in [5, 5.41) is 5.39. The SMILES string of the molecule is Cc1ccc2nc(CNC(=O)C(=O)NC3CCCC3)cn2c1. The second-order valence-corrected chi connectivity index (χ2v) is 5.84. The van der Waals surface area contributed by atoms with Gasteiger partial charge < -0.3 is 15.0 Å². The molecule has 2 aromatic rings. The first-order valence-electron chi connectivity index (χ1n) is 7.65. The Labute approximate surface area is 128 Å². The quantitative estimate of drug-likeness (QED) is 0.839. The van der Waals surface area contributed by atoms with Gasteiger partial charge in [0.15, 0.2) is 0 Å². The number of hydrogen-bond donors (Lipinski definition) is 2.